The summed E-state index contributed by atoms with van der Waals surface area (Å²) >= 11 is 3.70. The van der Waals surface area contributed by atoms with Crippen LogP contribution in [-0.2, 0) is 25.5 Å². The van der Waals surface area contributed by atoms with E-state index in [-0.39, 0.29) is 23.8 Å². The van der Waals surface area contributed by atoms with E-state index in [0.717, 1.165) is 34.1 Å². The molecule has 3 fully saturated rings. The predicted octanol–water partition coefficient (Wildman–Crippen LogP) is 3.19. The van der Waals surface area contributed by atoms with Gasteiger partial charge in [-0.05, 0) is 77.3 Å². The van der Waals surface area contributed by atoms with Gasteiger partial charge in [-0.25, -0.2) is 0 Å². The molecule has 43 heavy (non-hydrogen) atoms. The molecular formula is C32H40BrN5O5. The van der Waals surface area contributed by atoms with Gasteiger partial charge in [0.2, 0.25) is 17.5 Å². The largest absolute Gasteiger partial charge is 0.349 e. The van der Waals surface area contributed by atoms with Crippen LogP contribution >= 0.6 is 15.9 Å². The SMILES string of the molecule is CC(C)C[C@@H]1C(=O)N2CCC[C@@H]2[C@@]2(O)O[C@@](NC(=O)[C@H]3C=C4c5cccc6[nH]c(Br)c(c56)C[C@H]4N(C)C3)(C(C)C)C(=O)N12. The number of carbonyl (C=O) groups is 3. The second-order valence-electron chi connectivity index (χ2n) is 13.7. The molecule has 5 heterocycles. The first-order valence-corrected chi connectivity index (χ1v) is 16.3. The van der Waals surface area contributed by atoms with E-state index in [1.165, 1.54) is 15.8 Å². The van der Waals surface area contributed by atoms with Gasteiger partial charge in [0.15, 0.2) is 0 Å². The van der Waals surface area contributed by atoms with Crippen LogP contribution in [0.15, 0.2) is 28.9 Å². The zero-order valence-corrected chi connectivity index (χ0v) is 26.9. The molecule has 1 aliphatic carbocycles. The number of piperazine rings is 1. The Morgan fingerprint density at radius 3 is 2.74 bits per heavy atom. The molecule has 230 valence electrons. The van der Waals surface area contributed by atoms with Crippen LogP contribution < -0.4 is 5.32 Å². The van der Waals surface area contributed by atoms with Gasteiger partial charge in [0.25, 0.3) is 11.8 Å². The van der Waals surface area contributed by atoms with E-state index in [4.69, 9.17) is 4.74 Å². The quantitative estimate of drug-likeness (QED) is 0.456. The van der Waals surface area contributed by atoms with Crippen LogP contribution in [0.25, 0.3) is 16.5 Å². The lowest BCUT2D eigenvalue weighted by Crippen LogP contribution is -2.71. The summed E-state index contributed by atoms with van der Waals surface area (Å²) in [6, 6.07) is 4.76. The van der Waals surface area contributed by atoms with Gasteiger partial charge in [-0.1, -0.05) is 45.9 Å². The van der Waals surface area contributed by atoms with Gasteiger partial charge in [-0.3, -0.25) is 28.9 Å². The van der Waals surface area contributed by atoms with E-state index in [1.807, 2.05) is 33.0 Å². The average Bonchev–Trinajstić information content (AvgIpc) is 3.63. The number of H-pyrrole nitrogens is 1. The molecule has 1 aromatic carbocycles. The molecule has 0 radical (unpaired) electrons. The number of halogens is 1. The maximum Gasteiger partial charge on any atom is 0.281 e. The molecule has 2 aromatic rings. The van der Waals surface area contributed by atoms with E-state index >= 15 is 0 Å². The maximum absolute atomic E-state index is 14.4. The summed E-state index contributed by atoms with van der Waals surface area (Å²) < 4.78 is 7.43. The fraction of sp³-hybridized carbons (Fsp3) is 0.594. The number of amides is 3. The molecule has 4 aliphatic heterocycles. The molecule has 0 saturated carbocycles. The lowest BCUT2D eigenvalue weighted by atomic mass is 9.79. The molecule has 5 aliphatic rings. The predicted molar refractivity (Wildman–Crippen MR) is 164 cm³/mol. The van der Waals surface area contributed by atoms with Gasteiger partial charge in [0.05, 0.1) is 10.5 Å². The van der Waals surface area contributed by atoms with Crippen molar-refractivity contribution >= 4 is 50.1 Å². The first kappa shape index (κ1) is 29.0. The number of rotatable bonds is 5. The number of fused-ring (bicyclic) bond motifs is 5. The van der Waals surface area contributed by atoms with Crippen molar-refractivity contribution < 1.29 is 24.2 Å². The van der Waals surface area contributed by atoms with Gasteiger partial charge in [0, 0.05) is 36.0 Å². The molecule has 3 N–H and O–H groups in total. The fourth-order valence-electron chi connectivity index (χ4n) is 8.15. The monoisotopic (exact) mass is 653 g/mol. The third kappa shape index (κ3) is 4.04. The highest BCUT2D eigenvalue weighted by atomic mass is 79.9. The molecule has 3 saturated heterocycles. The number of aromatic nitrogens is 1. The number of nitrogens with zero attached hydrogens (tertiary/aromatic N) is 3. The Hall–Kier alpha value is -2.73. The summed E-state index contributed by atoms with van der Waals surface area (Å²) in [5, 5.41) is 16.3. The Morgan fingerprint density at radius 2 is 2.02 bits per heavy atom. The number of nitrogens with one attached hydrogen (secondary N) is 2. The van der Waals surface area contributed by atoms with Crippen molar-refractivity contribution in [1.29, 1.82) is 0 Å². The molecule has 1 aromatic heterocycles. The number of aliphatic hydroxyl groups is 1. The maximum atomic E-state index is 14.4. The summed E-state index contributed by atoms with van der Waals surface area (Å²) in [7, 11) is 2.03. The zero-order chi connectivity index (χ0) is 30.6. The first-order chi connectivity index (χ1) is 20.4. The fourth-order valence-corrected chi connectivity index (χ4v) is 8.72. The van der Waals surface area contributed by atoms with Gasteiger partial charge in [-0.15, -0.1) is 0 Å². The van der Waals surface area contributed by atoms with Gasteiger partial charge in [0.1, 0.15) is 12.1 Å². The van der Waals surface area contributed by atoms with Crippen molar-refractivity contribution in [2.75, 3.05) is 20.1 Å². The lowest BCUT2D eigenvalue weighted by molar-refractivity contribution is -0.322. The molecule has 11 heteroatoms. The lowest BCUT2D eigenvalue weighted by Gasteiger charge is -2.49. The highest BCUT2D eigenvalue weighted by Gasteiger charge is 2.72. The van der Waals surface area contributed by atoms with E-state index < -0.39 is 41.5 Å². The topological polar surface area (TPSA) is 118 Å². The zero-order valence-electron chi connectivity index (χ0n) is 25.3. The van der Waals surface area contributed by atoms with Crippen LogP contribution in [0.3, 0.4) is 0 Å². The highest BCUT2D eigenvalue weighted by molar-refractivity contribution is 9.10. The van der Waals surface area contributed by atoms with Crippen LogP contribution in [0.1, 0.15) is 58.1 Å². The molecule has 6 atom stereocenters. The van der Waals surface area contributed by atoms with Crippen LogP contribution in [0, 0.1) is 17.8 Å². The number of likely N-dealkylation sites (N-methyl/N-ethyl adjacent to an activating group) is 1. The van der Waals surface area contributed by atoms with Crippen molar-refractivity contribution in [3.63, 3.8) is 0 Å². The smallest absolute Gasteiger partial charge is 0.281 e. The van der Waals surface area contributed by atoms with Crippen molar-refractivity contribution in [3.05, 3.63) is 40.0 Å². The summed E-state index contributed by atoms with van der Waals surface area (Å²) in [5.74, 6) is -4.01. The summed E-state index contributed by atoms with van der Waals surface area (Å²) in [6.07, 6.45) is 4.49. The number of benzene rings is 1. The van der Waals surface area contributed by atoms with E-state index in [0.29, 0.717) is 25.9 Å². The summed E-state index contributed by atoms with van der Waals surface area (Å²) in [6.45, 7) is 8.57. The summed E-state index contributed by atoms with van der Waals surface area (Å²) in [5.41, 5.74) is 2.68. The molecule has 0 spiro atoms. The molecule has 0 unspecified atom stereocenters. The number of hydrogen-bond donors (Lipinski definition) is 3. The minimum atomic E-state index is -2.01. The van der Waals surface area contributed by atoms with E-state index in [2.05, 4.69) is 43.3 Å². The first-order valence-electron chi connectivity index (χ1n) is 15.5. The van der Waals surface area contributed by atoms with E-state index in [9.17, 15) is 19.5 Å². The Morgan fingerprint density at radius 1 is 1.26 bits per heavy atom. The Balaban J connectivity index is 1.25. The Bertz CT molecular complexity index is 1570. The summed E-state index contributed by atoms with van der Waals surface area (Å²) in [4.78, 5) is 50.8. The normalized spacial score (nSPS) is 33.7. The van der Waals surface area contributed by atoms with Crippen LogP contribution in [0.4, 0.5) is 0 Å². The van der Waals surface area contributed by atoms with Crippen LogP contribution in [0.5, 0.6) is 0 Å². The van der Waals surface area contributed by atoms with Gasteiger partial charge < -0.3 is 20.3 Å². The highest BCUT2D eigenvalue weighted by Crippen LogP contribution is 2.49. The minimum absolute atomic E-state index is 0.104. The second-order valence-corrected chi connectivity index (χ2v) is 14.5. The van der Waals surface area contributed by atoms with Crippen molar-refractivity contribution in [1.82, 2.24) is 25.0 Å². The standard InChI is InChI=1S/C32H40BrN5O5/c1-16(2)12-24-29(40)37-11-7-10-25(37)32(42)38(24)30(41)31(43-32,17(3)4)35-28(39)18-13-20-19-8-6-9-22-26(19)21(27(33)34-22)14-23(20)36(5)15-18/h6,8-9,13,16-18,23-25,34,42H,7,10-12,14-15H2,1-5H3,(H,35,39)/t18-,23+,24+,25+,31-,32+/m0/s1. The average molecular weight is 655 g/mol. The molecule has 3 amide bonds. The van der Waals surface area contributed by atoms with Gasteiger partial charge >= 0.3 is 0 Å². The Labute approximate surface area is 259 Å². The molecule has 7 rings (SSSR count). The third-order valence-electron chi connectivity index (χ3n) is 10.3. The number of hydrogen-bond acceptors (Lipinski definition) is 6. The van der Waals surface area contributed by atoms with Crippen molar-refractivity contribution in [2.24, 2.45) is 17.8 Å². The molecular weight excluding hydrogens is 614 g/mol. The molecule has 0 bridgehead atoms. The van der Waals surface area contributed by atoms with Gasteiger partial charge in [-0.2, -0.15) is 0 Å². The van der Waals surface area contributed by atoms with E-state index in [1.54, 1.807) is 18.7 Å². The van der Waals surface area contributed by atoms with Crippen LogP contribution in [0.2, 0.25) is 0 Å². The number of ether oxygens (including phenoxy) is 1. The second kappa shape index (κ2) is 9.89. The minimum Gasteiger partial charge on any atom is -0.349 e. The van der Waals surface area contributed by atoms with Crippen molar-refractivity contribution in [3.8, 4) is 0 Å². The Kier molecular flexibility index (Phi) is 6.67. The van der Waals surface area contributed by atoms with Crippen LogP contribution in [-0.4, -0.2) is 92.4 Å². The number of aromatic amines is 1. The molecule has 10 nitrogen and oxygen atoms in total. The van der Waals surface area contributed by atoms with Crippen molar-refractivity contribution in [2.45, 2.75) is 83.1 Å². The number of carbonyl (C=O) groups excluding carboxylic acids is 3. The third-order valence-corrected chi connectivity index (χ3v) is 10.9.